The molecule has 1 aromatic heterocycles. The molecule has 3 aromatic rings. The highest BCUT2D eigenvalue weighted by atomic mass is 19.4. The molecule has 11 heteroatoms. The summed E-state index contributed by atoms with van der Waals surface area (Å²) < 4.78 is 58.0. The molecule has 1 saturated heterocycles. The van der Waals surface area contributed by atoms with Crippen molar-refractivity contribution < 1.29 is 31.9 Å². The Morgan fingerprint density at radius 2 is 1.71 bits per heavy atom. The molecule has 0 bridgehead atoms. The number of hydrogen-bond donors (Lipinski definition) is 0. The van der Waals surface area contributed by atoms with Crippen LogP contribution in [0.15, 0.2) is 42.5 Å². The Balaban J connectivity index is 1.58. The minimum absolute atomic E-state index is 0.0547. The lowest BCUT2D eigenvalue weighted by Gasteiger charge is -2.24. The minimum Gasteiger partial charge on any atom is -0.461 e. The number of alkyl halides is 3. The van der Waals surface area contributed by atoms with Crippen LogP contribution in [0, 0.1) is 5.82 Å². The lowest BCUT2D eigenvalue weighted by Crippen LogP contribution is -2.36. The highest BCUT2D eigenvalue weighted by molar-refractivity contribution is 5.96. The maximum Gasteiger partial charge on any atom is 0.416 e. The fourth-order valence-corrected chi connectivity index (χ4v) is 3.92. The molecule has 0 unspecified atom stereocenters. The fraction of sp³-hybridized carbons (Fsp3) is 0.333. The molecule has 4 rings (SSSR count). The number of ether oxygens (including phenoxy) is 1. The van der Waals surface area contributed by atoms with Gasteiger partial charge in [0.2, 0.25) is 0 Å². The third kappa shape index (κ3) is 5.18. The summed E-state index contributed by atoms with van der Waals surface area (Å²) >= 11 is 0. The topological polar surface area (TPSA) is 75.6 Å². The van der Waals surface area contributed by atoms with Crippen LogP contribution >= 0.6 is 0 Å². The summed E-state index contributed by atoms with van der Waals surface area (Å²) in [6, 6.07) is 8.95. The van der Waals surface area contributed by atoms with Crippen LogP contribution < -0.4 is 4.90 Å². The van der Waals surface area contributed by atoms with Gasteiger partial charge in [-0.3, -0.25) is 4.79 Å². The van der Waals surface area contributed by atoms with Crippen molar-refractivity contribution in [3.05, 3.63) is 65.1 Å². The number of fused-ring (bicyclic) bond motifs is 1. The number of carbonyl (C=O) groups is 2. The van der Waals surface area contributed by atoms with Crippen molar-refractivity contribution in [1.29, 1.82) is 0 Å². The Morgan fingerprint density at radius 3 is 2.37 bits per heavy atom. The molecule has 0 spiro atoms. The van der Waals surface area contributed by atoms with Gasteiger partial charge in [-0.05, 0) is 43.7 Å². The number of nitrogens with zero attached hydrogens (tertiary/aromatic N) is 4. The lowest BCUT2D eigenvalue weighted by molar-refractivity contribution is -0.137. The van der Waals surface area contributed by atoms with Gasteiger partial charge in [-0.25, -0.2) is 19.2 Å². The average Bonchev–Trinajstić information content (AvgIpc) is 3.08. The summed E-state index contributed by atoms with van der Waals surface area (Å²) in [5.41, 5.74) is -0.415. The highest BCUT2D eigenvalue weighted by Gasteiger charge is 2.33. The normalized spacial score (nSPS) is 14.7. The number of hydrogen-bond acceptors (Lipinski definition) is 6. The number of anilines is 1. The van der Waals surface area contributed by atoms with E-state index in [9.17, 15) is 27.2 Å². The number of rotatable bonds is 4. The molecule has 0 saturated carbocycles. The van der Waals surface area contributed by atoms with E-state index < -0.39 is 35.0 Å². The Morgan fingerprint density at radius 1 is 1.00 bits per heavy atom. The number of aromatic nitrogens is 2. The van der Waals surface area contributed by atoms with Crippen molar-refractivity contribution >= 4 is 28.7 Å². The second-order valence-electron chi connectivity index (χ2n) is 7.93. The van der Waals surface area contributed by atoms with E-state index in [0.717, 1.165) is 6.07 Å². The predicted molar refractivity (Wildman–Crippen MR) is 120 cm³/mol. The van der Waals surface area contributed by atoms with Crippen LogP contribution in [-0.4, -0.2) is 59.5 Å². The van der Waals surface area contributed by atoms with E-state index in [-0.39, 0.29) is 31.9 Å². The van der Waals surface area contributed by atoms with E-state index in [2.05, 4.69) is 9.97 Å². The molecule has 1 fully saturated rings. The van der Waals surface area contributed by atoms with E-state index in [1.807, 2.05) is 4.90 Å². The van der Waals surface area contributed by atoms with Gasteiger partial charge in [-0.15, -0.1) is 0 Å². The summed E-state index contributed by atoms with van der Waals surface area (Å²) in [6.45, 7) is 2.93. The summed E-state index contributed by atoms with van der Waals surface area (Å²) in [4.78, 5) is 37.7. The largest absolute Gasteiger partial charge is 0.461 e. The quantitative estimate of drug-likeness (QED) is 0.401. The second kappa shape index (κ2) is 9.85. The van der Waals surface area contributed by atoms with Gasteiger partial charge in [0.1, 0.15) is 5.82 Å². The summed E-state index contributed by atoms with van der Waals surface area (Å²) in [5, 5.41) is 0. The average molecular weight is 490 g/mol. The standard InChI is InChI=1S/C24H22F4N4O3/c1-2-35-23(34)20-21(30-19-7-4-3-6-18(19)29-20)31-10-5-11-32(13-12-31)22(33)16-9-8-15(14-17(16)25)24(26,27)28/h3-4,6-9,14H,2,5,10-13H2,1H3. The van der Waals surface area contributed by atoms with Gasteiger partial charge in [0.15, 0.2) is 11.5 Å². The van der Waals surface area contributed by atoms with Crippen molar-refractivity contribution in [2.24, 2.45) is 0 Å². The molecule has 184 valence electrons. The monoisotopic (exact) mass is 490 g/mol. The van der Waals surface area contributed by atoms with Crippen molar-refractivity contribution in [1.82, 2.24) is 14.9 Å². The van der Waals surface area contributed by atoms with E-state index >= 15 is 0 Å². The molecule has 0 N–H and O–H groups in total. The molecule has 0 atom stereocenters. The first-order chi connectivity index (χ1) is 16.7. The van der Waals surface area contributed by atoms with Crippen molar-refractivity contribution in [3.8, 4) is 0 Å². The van der Waals surface area contributed by atoms with Gasteiger partial charge < -0.3 is 14.5 Å². The molecule has 1 amide bonds. The maximum atomic E-state index is 14.4. The Bertz CT molecular complexity index is 1270. The molecular weight excluding hydrogens is 468 g/mol. The molecule has 1 aliphatic rings. The smallest absolute Gasteiger partial charge is 0.416 e. The zero-order valence-corrected chi connectivity index (χ0v) is 18.8. The van der Waals surface area contributed by atoms with Crippen LogP contribution in [0.2, 0.25) is 0 Å². The van der Waals surface area contributed by atoms with Crippen LogP contribution in [0.4, 0.5) is 23.4 Å². The van der Waals surface area contributed by atoms with Crippen LogP contribution in [0.5, 0.6) is 0 Å². The zero-order chi connectivity index (χ0) is 25.2. The summed E-state index contributed by atoms with van der Waals surface area (Å²) in [7, 11) is 0. The second-order valence-corrected chi connectivity index (χ2v) is 7.93. The van der Waals surface area contributed by atoms with Crippen molar-refractivity contribution in [2.45, 2.75) is 19.5 Å². The van der Waals surface area contributed by atoms with Gasteiger partial charge in [0.25, 0.3) is 5.91 Å². The third-order valence-electron chi connectivity index (χ3n) is 5.63. The van der Waals surface area contributed by atoms with Gasteiger partial charge in [0.05, 0.1) is 28.8 Å². The highest BCUT2D eigenvalue weighted by Crippen LogP contribution is 2.30. The fourth-order valence-electron chi connectivity index (χ4n) is 3.92. The van der Waals surface area contributed by atoms with E-state index in [1.165, 1.54) is 4.90 Å². The van der Waals surface area contributed by atoms with Crippen LogP contribution in [0.3, 0.4) is 0 Å². The number of carbonyl (C=O) groups excluding carboxylic acids is 2. The number of esters is 1. The molecule has 0 aliphatic carbocycles. The molecule has 2 heterocycles. The van der Waals surface area contributed by atoms with Gasteiger partial charge in [-0.2, -0.15) is 13.2 Å². The molecule has 7 nitrogen and oxygen atoms in total. The van der Waals surface area contributed by atoms with E-state index in [1.54, 1.807) is 31.2 Å². The molecule has 0 radical (unpaired) electrons. The molecule has 35 heavy (non-hydrogen) atoms. The van der Waals surface area contributed by atoms with Crippen molar-refractivity contribution in [3.63, 3.8) is 0 Å². The molecule has 2 aromatic carbocycles. The van der Waals surface area contributed by atoms with E-state index in [0.29, 0.717) is 41.9 Å². The Hall–Kier alpha value is -3.76. The summed E-state index contributed by atoms with van der Waals surface area (Å²) in [6.07, 6.45) is -4.24. The zero-order valence-electron chi connectivity index (χ0n) is 18.8. The predicted octanol–water partition coefficient (Wildman–Crippen LogP) is 4.32. The van der Waals surface area contributed by atoms with Crippen LogP contribution in [0.25, 0.3) is 11.0 Å². The van der Waals surface area contributed by atoms with Gasteiger partial charge in [0, 0.05) is 26.2 Å². The third-order valence-corrected chi connectivity index (χ3v) is 5.63. The molecule has 1 aliphatic heterocycles. The van der Waals surface area contributed by atoms with Gasteiger partial charge in [-0.1, -0.05) is 12.1 Å². The lowest BCUT2D eigenvalue weighted by atomic mass is 10.1. The first-order valence-corrected chi connectivity index (χ1v) is 11.0. The number of benzene rings is 2. The maximum absolute atomic E-state index is 14.4. The number of para-hydroxylation sites is 2. The SMILES string of the molecule is CCOC(=O)c1nc2ccccc2nc1N1CCCN(C(=O)c2ccc(C(F)(F)F)cc2F)CC1. The Kier molecular flexibility index (Phi) is 6.86. The van der Waals surface area contributed by atoms with Crippen molar-refractivity contribution in [2.75, 3.05) is 37.7 Å². The molecular formula is C24H22F4N4O3. The first kappa shape index (κ1) is 24.4. The minimum atomic E-state index is -4.71. The Labute approximate surface area is 198 Å². The summed E-state index contributed by atoms with van der Waals surface area (Å²) in [5.74, 6) is -2.23. The number of halogens is 4. The first-order valence-electron chi connectivity index (χ1n) is 11.0. The number of amides is 1. The van der Waals surface area contributed by atoms with E-state index in [4.69, 9.17) is 4.74 Å². The van der Waals surface area contributed by atoms with Gasteiger partial charge >= 0.3 is 12.1 Å². The van der Waals surface area contributed by atoms with Crippen LogP contribution in [-0.2, 0) is 10.9 Å². The van der Waals surface area contributed by atoms with Crippen LogP contribution in [0.1, 0.15) is 39.8 Å².